The van der Waals surface area contributed by atoms with E-state index in [1.165, 1.54) is 29.7 Å². The predicted molar refractivity (Wildman–Crippen MR) is 70.1 cm³/mol. The molecule has 0 aromatic heterocycles. The minimum atomic E-state index is -0.771. The lowest BCUT2D eigenvalue weighted by Crippen LogP contribution is -2.20. The molecule has 0 aliphatic rings. The average Bonchev–Trinajstić information content (AvgIpc) is 2.41. The Morgan fingerprint density at radius 3 is 2.35 bits per heavy atom. The first-order chi connectivity index (χ1) is 9.51. The fourth-order valence-electron chi connectivity index (χ4n) is 1.79. The molecule has 0 spiro atoms. The number of anilines is 2. The highest BCUT2D eigenvalue weighted by Crippen LogP contribution is 2.25. The Labute approximate surface area is 114 Å². The molecule has 0 fully saturated rings. The molecule has 0 atom stereocenters. The van der Waals surface area contributed by atoms with Crippen LogP contribution in [0.2, 0.25) is 0 Å². The van der Waals surface area contributed by atoms with Gasteiger partial charge in [-0.2, -0.15) is 0 Å². The molecular formula is C14H12F2N2O2. The SMILES string of the molecule is Cc1cc(F)ccc1Nc1cc(F)ccc1C(=O)NO. The van der Waals surface area contributed by atoms with Gasteiger partial charge in [-0.1, -0.05) is 0 Å². The quantitative estimate of drug-likeness (QED) is 0.597. The molecule has 4 nitrogen and oxygen atoms in total. The highest BCUT2D eigenvalue weighted by molar-refractivity contribution is 5.99. The second kappa shape index (κ2) is 5.66. The van der Waals surface area contributed by atoms with E-state index in [4.69, 9.17) is 5.21 Å². The third-order valence-electron chi connectivity index (χ3n) is 2.79. The van der Waals surface area contributed by atoms with E-state index < -0.39 is 11.7 Å². The normalized spacial score (nSPS) is 10.2. The van der Waals surface area contributed by atoms with Gasteiger partial charge in [0.25, 0.3) is 5.91 Å². The van der Waals surface area contributed by atoms with Crippen LogP contribution < -0.4 is 10.8 Å². The van der Waals surface area contributed by atoms with E-state index in [9.17, 15) is 13.6 Å². The van der Waals surface area contributed by atoms with Gasteiger partial charge in [0.15, 0.2) is 0 Å². The van der Waals surface area contributed by atoms with Crippen LogP contribution in [0.1, 0.15) is 15.9 Å². The zero-order chi connectivity index (χ0) is 14.7. The average molecular weight is 278 g/mol. The molecule has 3 N–H and O–H groups in total. The maximum absolute atomic E-state index is 13.3. The van der Waals surface area contributed by atoms with Crippen molar-refractivity contribution in [2.24, 2.45) is 0 Å². The number of benzene rings is 2. The molecule has 0 heterocycles. The van der Waals surface area contributed by atoms with Crippen molar-refractivity contribution in [2.75, 3.05) is 5.32 Å². The van der Waals surface area contributed by atoms with E-state index in [0.717, 1.165) is 12.1 Å². The molecule has 0 saturated heterocycles. The Morgan fingerprint density at radius 1 is 1.05 bits per heavy atom. The van der Waals surface area contributed by atoms with Crippen LogP contribution in [0.3, 0.4) is 0 Å². The third kappa shape index (κ3) is 2.92. The number of halogens is 2. The van der Waals surface area contributed by atoms with Gasteiger partial charge < -0.3 is 5.32 Å². The Kier molecular flexibility index (Phi) is 3.95. The summed E-state index contributed by atoms with van der Waals surface area (Å²) < 4.78 is 26.3. The highest BCUT2D eigenvalue weighted by atomic mass is 19.1. The smallest absolute Gasteiger partial charge is 0.276 e. The van der Waals surface area contributed by atoms with Crippen molar-refractivity contribution in [1.82, 2.24) is 5.48 Å². The van der Waals surface area contributed by atoms with Crippen LogP contribution in [0.5, 0.6) is 0 Å². The Bertz CT molecular complexity index is 660. The Balaban J connectivity index is 2.41. The second-order valence-electron chi connectivity index (χ2n) is 4.22. The van der Waals surface area contributed by atoms with Crippen molar-refractivity contribution in [3.05, 3.63) is 59.2 Å². The lowest BCUT2D eigenvalue weighted by molar-refractivity contribution is 0.0707. The zero-order valence-corrected chi connectivity index (χ0v) is 10.6. The van der Waals surface area contributed by atoms with Crippen LogP contribution in [-0.4, -0.2) is 11.1 Å². The summed E-state index contributed by atoms with van der Waals surface area (Å²) in [6.45, 7) is 1.68. The minimum Gasteiger partial charge on any atom is -0.355 e. The van der Waals surface area contributed by atoms with E-state index in [-0.39, 0.29) is 17.1 Å². The summed E-state index contributed by atoms with van der Waals surface area (Å²) in [5.41, 5.74) is 2.86. The first-order valence-corrected chi connectivity index (χ1v) is 5.78. The van der Waals surface area contributed by atoms with E-state index in [0.29, 0.717) is 11.3 Å². The van der Waals surface area contributed by atoms with E-state index in [1.54, 1.807) is 6.92 Å². The van der Waals surface area contributed by atoms with E-state index in [2.05, 4.69) is 5.32 Å². The maximum atomic E-state index is 13.3. The molecule has 0 radical (unpaired) electrons. The summed E-state index contributed by atoms with van der Waals surface area (Å²) in [4.78, 5) is 11.5. The second-order valence-corrected chi connectivity index (χ2v) is 4.22. The first-order valence-electron chi connectivity index (χ1n) is 5.78. The third-order valence-corrected chi connectivity index (χ3v) is 2.79. The lowest BCUT2D eigenvalue weighted by atomic mass is 10.1. The van der Waals surface area contributed by atoms with Crippen molar-refractivity contribution in [3.63, 3.8) is 0 Å². The summed E-state index contributed by atoms with van der Waals surface area (Å²) in [5, 5.41) is 11.5. The molecule has 1 amide bonds. The number of hydrogen-bond acceptors (Lipinski definition) is 3. The van der Waals surface area contributed by atoms with Crippen molar-refractivity contribution in [2.45, 2.75) is 6.92 Å². The van der Waals surface area contributed by atoms with Crippen molar-refractivity contribution in [1.29, 1.82) is 0 Å². The summed E-state index contributed by atoms with van der Waals surface area (Å²) in [6.07, 6.45) is 0. The van der Waals surface area contributed by atoms with Gasteiger partial charge in [0.1, 0.15) is 11.6 Å². The molecule has 2 aromatic carbocycles. The molecule has 0 aliphatic carbocycles. The van der Waals surface area contributed by atoms with E-state index in [1.807, 2.05) is 0 Å². The number of carbonyl (C=O) groups is 1. The fourth-order valence-corrected chi connectivity index (χ4v) is 1.79. The van der Waals surface area contributed by atoms with Gasteiger partial charge in [-0.15, -0.1) is 0 Å². The van der Waals surface area contributed by atoms with Crippen LogP contribution in [0.25, 0.3) is 0 Å². The molecular weight excluding hydrogens is 266 g/mol. The van der Waals surface area contributed by atoms with Gasteiger partial charge in [-0.05, 0) is 48.9 Å². The van der Waals surface area contributed by atoms with Crippen molar-refractivity contribution in [3.8, 4) is 0 Å². The molecule has 2 rings (SSSR count). The zero-order valence-electron chi connectivity index (χ0n) is 10.6. The van der Waals surface area contributed by atoms with Gasteiger partial charge in [0, 0.05) is 5.69 Å². The van der Waals surface area contributed by atoms with Crippen LogP contribution in [0.4, 0.5) is 20.2 Å². The fraction of sp³-hybridized carbons (Fsp3) is 0.0714. The molecule has 0 bridgehead atoms. The number of nitrogens with one attached hydrogen (secondary N) is 2. The van der Waals surface area contributed by atoms with Crippen molar-refractivity contribution < 1.29 is 18.8 Å². The number of hydroxylamine groups is 1. The molecule has 6 heteroatoms. The number of hydrogen-bond donors (Lipinski definition) is 3. The number of aryl methyl sites for hydroxylation is 1. The molecule has 2 aromatic rings. The minimum absolute atomic E-state index is 0.0672. The maximum Gasteiger partial charge on any atom is 0.276 e. The molecule has 104 valence electrons. The highest BCUT2D eigenvalue weighted by Gasteiger charge is 2.12. The van der Waals surface area contributed by atoms with Gasteiger partial charge in [-0.25, -0.2) is 14.3 Å². The summed E-state index contributed by atoms with van der Waals surface area (Å²) in [5.74, 6) is -1.70. The first kappa shape index (κ1) is 14.0. The Morgan fingerprint density at radius 2 is 1.70 bits per heavy atom. The molecule has 0 saturated carbocycles. The molecule has 0 unspecified atom stereocenters. The lowest BCUT2D eigenvalue weighted by Gasteiger charge is -2.13. The van der Waals surface area contributed by atoms with Crippen LogP contribution in [-0.2, 0) is 0 Å². The number of amides is 1. The van der Waals surface area contributed by atoms with Crippen LogP contribution >= 0.6 is 0 Å². The van der Waals surface area contributed by atoms with Crippen LogP contribution in [0, 0.1) is 18.6 Å². The van der Waals surface area contributed by atoms with Gasteiger partial charge in [0.2, 0.25) is 0 Å². The standard InChI is InChI=1S/C14H12F2N2O2/c1-8-6-9(15)3-5-12(8)17-13-7-10(16)2-4-11(13)14(19)18-20/h2-7,17,20H,1H3,(H,18,19). The number of rotatable bonds is 3. The Hall–Kier alpha value is -2.47. The van der Waals surface area contributed by atoms with Crippen molar-refractivity contribution >= 4 is 17.3 Å². The topological polar surface area (TPSA) is 61.4 Å². The van der Waals surface area contributed by atoms with Crippen LogP contribution in [0.15, 0.2) is 36.4 Å². The summed E-state index contributed by atoms with van der Waals surface area (Å²) >= 11 is 0. The monoisotopic (exact) mass is 278 g/mol. The predicted octanol–water partition coefficient (Wildman–Crippen LogP) is 3.14. The van der Waals surface area contributed by atoms with Gasteiger partial charge in [0.05, 0.1) is 11.3 Å². The van der Waals surface area contributed by atoms with Gasteiger partial charge >= 0.3 is 0 Å². The van der Waals surface area contributed by atoms with E-state index >= 15 is 0 Å². The van der Waals surface area contributed by atoms with Gasteiger partial charge in [-0.3, -0.25) is 10.0 Å². The number of carbonyl (C=O) groups excluding carboxylic acids is 1. The largest absolute Gasteiger partial charge is 0.355 e. The summed E-state index contributed by atoms with van der Waals surface area (Å²) in [7, 11) is 0. The molecule has 20 heavy (non-hydrogen) atoms. The molecule has 0 aliphatic heterocycles. The summed E-state index contributed by atoms with van der Waals surface area (Å²) in [6, 6.07) is 7.51.